The van der Waals surface area contributed by atoms with Gasteiger partial charge in [0.15, 0.2) is 0 Å². The van der Waals surface area contributed by atoms with E-state index < -0.39 is 0 Å². The van der Waals surface area contributed by atoms with Gasteiger partial charge in [-0.25, -0.2) is 0 Å². The summed E-state index contributed by atoms with van der Waals surface area (Å²) in [5, 5.41) is 8.49. The third kappa shape index (κ3) is 3.78. The van der Waals surface area contributed by atoms with Gasteiger partial charge >= 0.3 is 0 Å². The van der Waals surface area contributed by atoms with Gasteiger partial charge in [-0.15, -0.1) is 11.3 Å². The Labute approximate surface area is 119 Å². The summed E-state index contributed by atoms with van der Waals surface area (Å²) in [6.07, 6.45) is 0. The van der Waals surface area contributed by atoms with E-state index >= 15 is 0 Å². The molecule has 0 radical (unpaired) electrons. The smallest absolute Gasteiger partial charge is 0.234 e. The van der Waals surface area contributed by atoms with Crippen molar-refractivity contribution in [1.82, 2.24) is 15.5 Å². The number of nitrogens with one attached hydrogen (secondary N) is 2. The van der Waals surface area contributed by atoms with Crippen LogP contribution in [0.15, 0.2) is 17.5 Å². The largest absolute Gasteiger partial charge is 0.348 e. The fourth-order valence-corrected chi connectivity index (χ4v) is 3.12. The highest BCUT2D eigenvalue weighted by Gasteiger charge is 2.30. The molecule has 0 spiro atoms. The van der Waals surface area contributed by atoms with E-state index in [1.165, 1.54) is 4.88 Å². The van der Waals surface area contributed by atoms with E-state index in [1.54, 1.807) is 11.3 Å². The summed E-state index contributed by atoms with van der Waals surface area (Å²) >= 11 is 1.68. The van der Waals surface area contributed by atoms with Gasteiger partial charge in [0.1, 0.15) is 0 Å². The number of carbonyl (C=O) groups excluding carboxylic acids is 1. The van der Waals surface area contributed by atoms with Crippen LogP contribution in [0.4, 0.5) is 0 Å². The topological polar surface area (TPSA) is 44.4 Å². The van der Waals surface area contributed by atoms with Gasteiger partial charge in [-0.05, 0) is 32.2 Å². The van der Waals surface area contributed by atoms with Crippen LogP contribution in [0.1, 0.15) is 31.7 Å². The lowest BCUT2D eigenvalue weighted by atomic mass is 10.0. The highest BCUT2D eigenvalue weighted by Crippen LogP contribution is 2.19. The van der Waals surface area contributed by atoms with Crippen molar-refractivity contribution in [3.05, 3.63) is 22.4 Å². The molecule has 1 aromatic heterocycles. The minimum Gasteiger partial charge on any atom is -0.348 e. The van der Waals surface area contributed by atoms with Gasteiger partial charge in [-0.1, -0.05) is 6.07 Å². The van der Waals surface area contributed by atoms with E-state index in [1.807, 2.05) is 18.4 Å². The second-order valence-corrected chi connectivity index (χ2v) is 6.69. The van der Waals surface area contributed by atoms with Crippen LogP contribution >= 0.6 is 11.3 Å². The number of rotatable bonds is 4. The van der Waals surface area contributed by atoms with E-state index in [4.69, 9.17) is 0 Å². The number of carbonyl (C=O) groups is 1. The van der Waals surface area contributed by atoms with Gasteiger partial charge in [0.05, 0.1) is 12.6 Å². The number of thiophene rings is 1. The lowest BCUT2D eigenvalue weighted by Crippen LogP contribution is -2.59. The Morgan fingerprint density at radius 1 is 1.63 bits per heavy atom. The summed E-state index contributed by atoms with van der Waals surface area (Å²) < 4.78 is 0. The monoisotopic (exact) mass is 281 g/mol. The Bertz CT molecular complexity index is 416. The maximum atomic E-state index is 12.1. The van der Waals surface area contributed by atoms with Crippen LogP contribution in [-0.4, -0.2) is 42.5 Å². The number of piperazine rings is 1. The molecule has 1 unspecified atom stereocenters. The second-order valence-electron chi connectivity index (χ2n) is 5.72. The summed E-state index contributed by atoms with van der Waals surface area (Å²) in [5.41, 5.74) is 0.0434. The minimum absolute atomic E-state index is 0.0434. The molecule has 19 heavy (non-hydrogen) atoms. The highest BCUT2D eigenvalue weighted by molar-refractivity contribution is 7.10. The molecule has 106 valence electrons. The molecule has 0 bridgehead atoms. The van der Waals surface area contributed by atoms with Gasteiger partial charge in [-0.2, -0.15) is 0 Å². The van der Waals surface area contributed by atoms with Crippen LogP contribution in [0.2, 0.25) is 0 Å². The van der Waals surface area contributed by atoms with Crippen LogP contribution in [0.25, 0.3) is 0 Å². The first-order chi connectivity index (χ1) is 8.99. The predicted octanol–water partition coefficient (Wildman–Crippen LogP) is 1.61. The van der Waals surface area contributed by atoms with Crippen molar-refractivity contribution < 1.29 is 4.79 Å². The zero-order valence-corrected chi connectivity index (χ0v) is 12.7. The van der Waals surface area contributed by atoms with Crippen molar-refractivity contribution in [2.24, 2.45) is 0 Å². The lowest BCUT2D eigenvalue weighted by Gasteiger charge is -2.42. The molecule has 1 aliphatic rings. The predicted molar refractivity (Wildman–Crippen MR) is 79.4 cm³/mol. The van der Waals surface area contributed by atoms with Crippen LogP contribution in [0.5, 0.6) is 0 Å². The van der Waals surface area contributed by atoms with E-state index in [-0.39, 0.29) is 17.5 Å². The van der Waals surface area contributed by atoms with Crippen molar-refractivity contribution in [3.8, 4) is 0 Å². The van der Waals surface area contributed by atoms with Crippen molar-refractivity contribution in [2.45, 2.75) is 32.4 Å². The van der Waals surface area contributed by atoms with Gasteiger partial charge in [-0.3, -0.25) is 9.69 Å². The van der Waals surface area contributed by atoms with Crippen LogP contribution in [0, 0.1) is 0 Å². The van der Waals surface area contributed by atoms with Crippen LogP contribution in [0.3, 0.4) is 0 Å². The molecule has 2 rings (SSSR count). The molecule has 1 amide bonds. The van der Waals surface area contributed by atoms with E-state index in [0.717, 1.165) is 19.6 Å². The van der Waals surface area contributed by atoms with Gasteiger partial charge < -0.3 is 10.6 Å². The maximum Gasteiger partial charge on any atom is 0.234 e. The van der Waals surface area contributed by atoms with Gasteiger partial charge in [0.25, 0.3) is 0 Å². The molecule has 0 aliphatic carbocycles. The van der Waals surface area contributed by atoms with Crippen molar-refractivity contribution in [3.63, 3.8) is 0 Å². The third-order valence-corrected chi connectivity index (χ3v) is 4.71. The fourth-order valence-electron chi connectivity index (χ4n) is 2.39. The van der Waals surface area contributed by atoms with E-state index in [0.29, 0.717) is 6.54 Å². The molecule has 5 heteroatoms. The van der Waals surface area contributed by atoms with Crippen molar-refractivity contribution in [2.75, 3.05) is 26.2 Å². The highest BCUT2D eigenvalue weighted by atomic mass is 32.1. The molecule has 0 aromatic carbocycles. The molecule has 1 atom stereocenters. The van der Waals surface area contributed by atoms with Crippen molar-refractivity contribution >= 4 is 17.2 Å². The maximum absolute atomic E-state index is 12.1. The van der Waals surface area contributed by atoms with Crippen LogP contribution < -0.4 is 10.6 Å². The summed E-state index contributed by atoms with van der Waals surface area (Å²) in [6, 6.07) is 4.17. The Morgan fingerprint density at radius 2 is 2.42 bits per heavy atom. The lowest BCUT2D eigenvalue weighted by molar-refractivity contribution is -0.124. The summed E-state index contributed by atoms with van der Waals surface area (Å²) in [5.74, 6) is 0.107. The molecule has 0 saturated carbocycles. The first-order valence-electron chi connectivity index (χ1n) is 6.77. The summed E-state index contributed by atoms with van der Waals surface area (Å²) in [4.78, 5) is 15.6. The molecule has 2 heterocycles. The van der Waals surface area contributed by atoms with E-state index in [9.17, 15) is 4.79 Å². The number of hydrogen-bond donors (Lipinski definition) is 2. The zero-order chi connectivity index (χ0) is 13.9. The van der Waals surface area contributed by atoms with Crippen molar-refractivity contribution in [1.29, 1.82) is 0 Å². The number of amides is 1. The fraction of sp³-hybridized carbons (Fsp3) is 0.643. The number of nitrogens with zero attached hydrogens (tertiary/aromatic N) is 1. The minimum atomic E-state index is 0.0434. The molecule has 1 aliphatic heterocycles. The first-order valence-corrected chi connectivity index (χ1v) is 7.65. The Balaban J connectivity index is 1.87. The summed E-state index contributed by atoms with van der Waals surface area (Å²) in [7, 11) is 0. The molecule has 1 aromatic rings. The molecule has 2 N–H and O–H groups in total. The normalized spacial score (nSPS) is 21.0. The van der Waals surface area contributed by atoms with Gasteiger partial charge in [0.2, 0.25) is 5.91 Å². The van der Waals surface area contributed by atoms with Crippen LogP contribution in [-0.2, 0) is 4.79 Å². The average molecular weight is 281 g/mol. The molecule has 1 saturated heterocycles. The average Bonchev–Trinajstić information content (AvgIpc) is 2.85. The van der Waals surface area contributed by atoms with E-state index in [2.05, 4.69) is 35.4 Å². The molecule has 1 fully saturated rings. The Hall–Kier alpha value is -0.910. The molecular weight excluding hydrogens is 258 g/mol. The third-order valence-electron chi connectivity index (χ3n) is 3.65. The summed E-state index contributed by atoms with van der Waals surface area (Å²) in [6.45, 7) is 9.67. The standard InChI is InChI=1S/C14H23N3OS/c1-11(12-5-4-8-19-12)16-13(18)9-17-7-6-15-10-14(17,2)3/h4-5,8,11,15H,6-7,9-10H2,1-3H3,(H,16,18). The second kappa shape index (κ2) is 6.03. The number of hydrogen-bond acceptors (Lipinski definition) is 4. The SMILES string of the molecule is CC(NC(=O)CN1CCNCC1(C)C)c1cccs1. The zero-order valence-electron chi connectivity index (χ0n) is 11.9. The first kappa shape index (κ1) is 14.5. The quantitative estimate of drug-likeness (QED) is 0.881. The Kier molecular flexibility index (Phi) is 4.60. The van der Waals surface area contributed by atoms with Gasteiger partial charge in [0, 0.05) is 30.1 Å². The Morgan fingerprint density at radius 3 is 3.05 bits per heavy atom. The molecular formula is C14H23N3OS. The molecule has 4 nitrogen and oxygen atoms in total.